The van der Waals surface area contributed by atoms with Gasteiger partial charge in [-0.05, 0) is 20.8 Å². The van der Waals surface area contributed by atoms with Crippen LogP contribution in [0.25, 0.3) is 0 Å². The average molecular weight is 252 g/mol. The fourth-order valence-electron chi connectivity index (χ4n) is 0.745. The molecule has 8 heteroatoms. The quantitative estimate of drug-likeness (QED) is 0.580. The number of carbonyl (C=O) groups excluding carboxylic acids is 1. The lowest BCUT2D eigenvalue weighted by Gasteiger charge is -2.22. The number of carboxylic acid groups (broad SMARTS) is 1. The second-order valence-electron chi connectivity index (χ2n) is 4.29. The molecule has 16 heavy (non-hydrogen) atoms. The van der Waals surface area contributed by atoms with Gasteiger partial charge in [0.15, 0.2) is 0 Å². The van der Waals surface area contributed by atoms with Gasteiger partial charge in [-0.1, -0.05) is 0 Å². The summed E-state index contributed by atoms with van der Waals surface area (Å²) in [6, 6.07) is -1.53. The summed E-state index contributed by atoms with van der Waals surface area (Å²) in [6.07, 6.45) is -0.579. The Kier molecular flexibility index (Phi) is 4.45. The van der Waals surface area contributed by atoms with Gasteiger partial charge in [0.25, 0.3) is 0 Å². The zero-order valence-corrected chi connectivity index (χ0v) is 10.2. The van der Waals surface area contributed by atoms with Gasteiger partial charge in [-0.15, -0.1) is 0 Å². The van der Waals surface area contributed by atoms with E-state index in [0.29, 0.717) is 0 Å². The number of sulfonamides is 1. The molecule has 7 nitrogen and oxygen atoms in total. The van der Waals surface area contributed by atoms with E-state index in [4.69, 9.17) is 10.8 Å². The molecule has 4 N–H and O–H groups in total. The maximum atomic E-state index is 11.6. The molecule has 0 spiro atoms. The minimum Gasteiger partial charge on any atom is -0.480 e. The molecule has 0 aromatic heterocycles. The number of rotatable bonds is 5. The molecule has 0 aromatic carbocycles. The minimum atomic E-state index is -3.83. The summed E-state index contributed by atoms with van der Waals surface area (Å²) in [6.45, 7) is 4.25. The molecule has 0 aromatic rings. The van der Waals surface area contributed by atoms with Crippen molar-refractivity contribution in [1.82, 2.24) is 4.72 Å². The second-order valence-corrected chi connectivity index (χ2v) is 6.76. The van der Waals surface area contributed by atoms with Crippen LogP contribution in [0.2, 0.25) is 0 Å². The topological polar surface area (TPSA) is 127 Å². The van der Waals surface area contributed by atoms with E-state index in [0.717, 1.165) is 0 Å². The summed E-state index contributed by atoms with van der Waals surface area (Å²) < 4.78 is 24.0. The van der Waals surface area contributed by atoms with Gasteiger partial charge in [-0.25, -0.2) is 8.42 Å². The molecule has 1 atom stereocenters. The maximum Gasteiger partial charge on any atom is 0.322 e. The van der Waals surface area contributed by atoms with Crippen LogP contribution in [0.1, 0.15) is 27.2 Å². The van der Waals surface area contributed by atoms with Crippen molar-refractivity contribution in [3.8, 4) is 0 Å². The number of aliphatic carboxylic acids is 1. The highest BCUT2D eigenvalue weighted by molar-refractivity contribution is 7.90. The number of carboxylic acids is 1. The SMILES string of the molecule is CC(C)(C)S(=O)(=O)N[C@H](CC(N)=O)C(=O)O. The first-order chi connectivity index (χ1) is 6.97. The smallest absolute Gasteiger partial charge is 0.322 e. The normalized spacial score (nSPS) is 14.4. The lowest BCUT2D eigenvalue weighted by Crippen LogP contribution is -2.49. The van der Waals surface area contributed by atoms with Crippen LogP contribution in [0.15, 0.2) is 0 Å². The first kappa shape index (κ1) is 14.8. The molecular formula is C8H16N2O5S. The van der Waals surface area contributed by atoms with Crippen molar-refractivity contribution in [2.24, 2.45) is 5.73 Å². The van der Waals surface area contributed by atoms with Gasteiger partial charge in [0, 0.05) is 0 Å². The van der Waals surface area contributed by atoms with Gasteiger partial charge < -0.3 is 10.8 Å². The molecule has 0 rings (SSSR count). The summed E-state index contributed by atoms with van der Waals surface area (Å²) >= 11 is 0. The molecule has 0 saturated carbocycles. The molecular weight excluding hydrogens is 236 g/mol. The molecule has 1 amide bonds. The summed E-state index contributed by atoms with van der Waals surface area (Å²) in [5, 5.41) is 8.72. The van der Waals surface area contributed by atoms with Crippen molar-refractivity contribution in [2.45, 2.75) is 38.0 Å². The van der Waals surface area contributed by atoms with Crippen LogP contribution in [0.4, 0.5) is 0 Å². The molecule has 0 heterocycles. The number of primary amides is 1. The third-order valence-corrected chi connectivity index (χ3v) is 4.01. The summed E-state index contributed by atoms with van der Waals surface area (Å²) in [5.74, 6) is -2.32. The van der Waals surface area contributed by atoms with Crippen molar-refractivity contribution in [3.63, 3.8) is 0 Å². The predicted octanol–water partition coefficient (Wildman–Crippen LogP) is -0.967. The van der Waals surface area contributed by atoms with Gasteiger partial charge in [0.05, 0.1) is 11.2 Å². The van der Waals surface area contributed by atoms with E-state index in [1.165, 1.54) is 20.8 Å². The zero-order valence-electron chi connectivity index (χ0n) is 9.35. The summed E-state index contributed by atoms with van der Waals surface area (Å²) in [5.41, 5.74) is 4.82. The predicted molar refractivity (Wildman–Crippen MR) is 57.0 cm³/mol. The average Bonchev–Trinajstić information content (AvgIpc) is 1.98. The lowest BCUT2D eigenvalue weighted by molar-refractivity contribution is -0.140. The van der Waals surface area contributed by atoms with Crippen LogP contribution in [0.5, 0.6) is 0 Å². The lowest BCUT2D eigenvalue weighted by atomic mass is 10.2. The third-order valence-electron chi connectivity index (χ3n) is 1.81. The van der Waals surface area contributed by atoms with E-state index < -0.39 is 39.1 Å². The first-order valence-electron chi connectivity index (χ1n) is 4.50. The molecule has 0 unspecified atom stereocenters. The number of amides is 1. The Morgan fingerprint density at radius 2 is 1.81 bits per heavy atom. The van der Waals surface area contributed by atoms with E-state index in [1.807, 2.05) is 4.72 Å². The Morgan fingerprint density at radius 3 is 2.06 bits per heavy atom. The number of nitrogens with one attached hydrogen (secondary N) is 1. The van der Waals surface area contributed by atoms with Gasteiger partial charge in [0.1, 0.15) is 6.04 Å². The zero-order chi connectivity index (χ0) is 13.1. The highest BCUT2D eigenvalue weighted by Gasteiger charge is 2.34. The van der Waals surface area contributed by atoms with E-state index in [9.17, 15) is 18.0 Å². The minimum absolute atomic E-state index is 0.579. The Hall–Kier alpha value is -1.15. The maximum absolute atomic E-state index is 11.6. The molecule has 0 aliphatic heterocycles. The summed E-state index contributed by atoms with van der Waals surface area (Å²) in [4.78, 5) is 21.3. The third kappa shape index (κ3) is 4.15. The second kappa shape index (κ2) is 4.79. The van der Waals surface area contributed by atoms with Crippen LogP contribution in [-0.4, -0.2) is 36.2 Å². The first-order valence-corrected chi connectivity index (χ1v) is 5.98. The fourth-order valence-corrected chi connectivity index (χ4v) is 1.66. The van der Waals surface area contributed by atoms with Crippen molar-refractivity contribution >= 4 is 21.9 Å². The number of hydrogen-bond acceptors (Lipinski definition) is 4. The molecule has 0 radical (unpaired) electrons. The van der Waals surface area contributed by atoms with Crippen molar-refractivity contribution in [3.05, 3.63) is 0 Å². The number of carbonyl (C=O) groups is 2. The molecule has 0 saturated heterocycles. The molecule has 0 fully saturated rings. The van der Waals surface area contributed by atoms with Gasteiger partial charge >= 0.3 is 5.97 Å². The van der Waals surface area contributed by atoms with Crippen LogP contribution in [0.3, 0.4) is 0 Å². The Bertz CT molecular complexity index is 382. The molecule has 0 aliphatic rings. The molecule has 0 aliphatic carbocycles. The van der Waals surface area contributed by atoms with Gasteiger partial charge in [-0.3, -0.25) is 9.59 Å². The Labute approximate surface area is 94.1 Å². The molecule has 94 valence electrons. The Balaban J connectivity index is 4.91. The van der Waals surface area contributed by atoms with Crippen LogP contribution >= 0.6 is 0 Å². The molecule has 0 bridgehead atoms. The van der Waals surface area contributed by atoms with Crippen LogP contribution in [-0.2, 0) is 19.6 Å². The number of hydrogen-bond donors (Lipinski definition) is 3. The highest BCUT2D eigenvalue weighted by Crippen LogP contribution is 2.14. The van der Waals surface area contributed by atoms with Gasteiger partial charge in [0.2, 0.25) is 15.9 Å². The monoisotopic (exact) mass is 252 g/mol. The van der Waals surface area contributed by atoms with Crippen molar-refractivity contribution in [1.29, 1.82) is 0 Å². The van der Waals surface area contributed by atoms with E-state index >= 15 is 0 Å². The number of nitrogens with two attached hydrogens (primary N) is 1. The highest BCUT2D eigenvalue weighted by atomic mass is 32.2. The standard InChI is InChI=1S/C8H16N2O5S/c1-8(2,3)16(14,15)10-5(7(12)13)4-6(9)11/h5,10H,4H2,1-3H3,(H2,9,11)(H,12,13)/t5-/m1/s1. The largest absolute Gasteiger partial charge is 0.480 e. The summed E-state index contributed by atoms with van der Waals surface area (Å²) in [7, 11) is -3.83. The van der Waals surface area contributed by atoms with Crippen molar-refractivity contribution < 1.29 is 23.1 Å². The van der Waals surface area contributed by atoms with E-state index in [1.54, 1.807) is 0 Å². The van der Waals surface area contributed by atoms with Crippen LogP contribution in [0, 0.1) is 0 Å². The van der Waals surface area contributed by atoms with Crippen LogP contribution < -0.4 is 10.5 Å². The van der Waals surface area contributed by atoms with Gasteiger partial charge in [-0.2, -0.15) is 4.72 Å². The van der Waals surface area contributed by atoms with E-state index in [2.05, 4.69) is 0 Å². The van der Waals surface area contributed by atoms with E-state index in [-0.39, 0.29) is 0 Å². The Morgan fingerprint density at radius 1 is 1.38 bits per heavy atom. The fraction of sp³-hybridized carbons (Fsp3) is 0.750. The van der Waals surface area contributed by atoms with Crippen molar-refractivity contribution in [2.75, 3.05) is 0 Å².